The van der Waals surface area contributed by atoms with E-state index in [1.807, 2.05) is 0 Å². The first-order chi connectivity index (χ1) is 16.3. The van der Waals surface area contributed by atoms with Crippen LogP contribution in [0.5, 0.6) is 0 Å². The second-order valence-electron chi connectivity index (χ2n) is 8.28. The number of benzene rings is 2. The van der Waals surface area contributed by atoms with Crippen molar-refractivity contribution in [1.82, 2.24) is 10.4 Å². The summed E-state index contributed by atoms with van der Waals surface area (Å²) in [6, 6.07) is 7.59. The van der Waals surface area contributed by atoms with E-state index in [-0.39, 0.29) is 23.6 Å². The second-order valence-corrected chi connectivity index (χ2v) is 9.07. The fourth-order valence-corrected chi connectivity index (χ4v) is 4.48. The van der Waals surface area contributed by atoms with E-state index < -0.39 is 39.1 Å². The number of hydroxylamine groups is 1. The van der Waals surface area contributed by atoms with Gasteiger partial charge in [-0.1, -0.05) is 54.4 Å². The van der Waals surface area contributed by atoms with Crippen LogP contribution in [-0.2, 0) is 21.4 Å². The average molecular weight is 539 g/mol. The first-order valence-electron chi connectivity index (χ1n) is 10.4. The van der Waals surface area contributed by atoms with Gasteiger partial charge in [0.1, 0.15) is 0 Å². The molecule has 1 amide bonds. The number of hydrogen-bond donors (Lipinski definition) is 1. The lowest BCUT2D eigenvalue weighted by atomic mass is 9.89. The molecule has 35 heavy (non-hydrogen) atoms. The normalized spacial score (nSPS) is 20.9. The van der Waals surface area contributed by atoms with Crippen LogP contribution in [0.25, 0.3) is 5.70 Å². The third kappa shape index (κ3) is 4.59. The van der Waals surface area contributed by atoms with Crippen molar-refractivity contribution in [3.8, 4) is 0 Å². The maximum atomic E-state index is 14.2. The lowest BCUT2D eigenvalue weighted by molar-refractivity contribution is -0.269. The summed E-state index contributed by atoms with van der Waals surface area (Å²) in [6.45, 7) is 2.90. The zero-order chi connectivity index (χ0) is 25.8. The minimum absolute atomic E-state index is 0.0507. The highest BCUT2D eigenvalue weighted by Gasteiger charge is 2.60. The number of carbonyl (C=O) groups excluding carboxylic acids is 1. The van der Waals surface area contributed by atoms with Gasteiger partial charge in [-0.3, -0.25) is 15.1 Å². The van der Waals surface area contributed by atoms with Crippen molar-refractivity contribution in [2.45, 2.75) is 37.2 Å². The van der Waals surface area contributed by atoms with Gasteiger partial charge in [0.05, 0.1) is 21.3 Å². The van der Waals surface area contributed by atoms with Crippen LogP contribution in [0.3, 0.4) is 0 Å². The molecule has 12 heteroatoms. The van der Waals surface area contributed by atoms with Crippen LogP contribution >= 0.6 is 23.2 Å². The second kappa shape index (κ2) is 8.90. The Balaban J connectivity index is 1.66. The van der Waals surface area contributed by atoms with E-state index in [1.165, 1.54) is 0 Å². The molecule has 2 aromatic carbocycles. The van der Waals surface area contributed by atoms with Crippen LogP contribution in [0, 0.1) is 0 Å². The summed E-state index contributed by atoms with van der Waals surface area (Å²) in [7, 11) is 0. The van der Waals surface area contributed by atoms with Crippen molar-refractivity contribution in [2.24, 2.45) is 0 Å². The summed E-state index contributed by atoms with van der Waals surface area (Å²) < 4.78 is 82.7. The Morgan fingerprint density at radius 1 is 1.11 bits per heavy atom. The zero-order valence-corrected chi connectivity index (χ0v) is 19.5. The smallest absolute Gasteiger partial charge is 0.341 e. The molecule has 0 aliphatic carbocycles. The Bertz CT molecular complexity index is 1170. The number of halogens is 8. The van der Waals surface area contributed by atoms with Crippen LogP contribution in [0.2, 0.25) is 10.0 Å². The molecule has 4 rings (SSSR count). The van der Waals surface area contributed by atoms with E-state index in [4.69, 9.17) is 28.0 Å². The molecule has 0 spiro atoms. The minimum atomic E-state index is -5.14. The van der Waals surface area contributed by atoms with Gasteiger partial charge in [-0.2, -0.15) is 26.3 Å². The lowest BCUT2D eigenvalue weighted by Crippen LogP contribution is -2.48. The number of nitrogens with zero attached hydrogens (tertiary/aromatic N) is 1. The predicted molar refractivity (Wildman–Crippen MR) is 117 cm³/mol. The van der Waals surface area contributed by atoms with Crippen molar-refractivity contribution in [3.05, 3.63) is 74.8 Å². The number of likely N-dealkylation sites (tertiary alicyclic amines) is 1. The first-order valence-corrected chi connectivity index (χ1v) is 11.2. The predicted octanol–water partition coefficient (Wildman–Crippen LogP) is 6.68. The molecule has 2 aromatic rings. The number of carbonyl (C=O) groups is 1. The van der Waals surface area contributed by atoms with Gasteiger partial charge in [0.25, 0.3) is 0 Å². The number of hydrogen-bond acceptors (Lipinski definition) is 3. The molecule has 0 bridgehead atoms. The molecule has 1 unspecified atom stereocenters. The van der Waals surface area contributed by atoms with E-state index in [1.54, 1.807) is 36.1 Å². The Hall–Kier alpha value is -2.43. The summed E-state index contributed by atoms with van der Waals surface area (Å²) in [5.41, 5.74) is -2.25. The summed E-state index contributed by atoms with van der Waals surface area (Å²) >= 11 is 11.4. The minimum Gasteiger partial charge on any atom is -0.341 e. The topological polar surface area (TPSA) is 41.6 Å². The van der Waals surface area contributed by atoms with Gasteiger partial charge in [-0.15, -0.1) is 0 Å². The SMILES string of the molecule is CCC(=O)N1CC(c2ccc(C3=CC(c4cc(Cl)c(Cl)c(C(F)(F)F)c4)(C(F)(F)F)ON3)cc2)C1. The third-order valence-electron chi connectivity index (χ3n) is 6.08. The van der Waals surface area contributed by atoms with Gasteiger partial charge >= 0.3 is 12.4 Å². The Morgan fingerprint density at radius 2 is 1.74 bits per heavy atom. The van der Waals surface area contributed by atoms with Gasteiger partial charge in [-0.05, 0) is 29.3 Å². The van der Waals surface area contributed by atoms with Crippen molar-refractivity contribution >= 4 is 34.8 Å². The van der Waals surface area contributed by atoms with Gasteiger partial charge in [-0.25, -0.2) is 0 Å². The number of amides is 1. The van der Waals surface area contributed by atoms with E-state index in [9.17, 15) is 31.1 Å². The third-order valence-corrected chi connectivity index (χ3v) is 6.88. The van der Waals surface area contributed by atoms with Crippen molar-refractivity contribution in [3.63, 3.8) is 0 Å². The highest BCUT2D eigenvalue weighted by atomic mass is 35.5. The molecule has 0 aromatic heterocycles. The zero-order valence-electron chi connectivity index (χ0n) is 18.0. The monoisotopic (exact) mass is 538 g/mol. The molecule has 0 saturated carbocycles. The summed E-state index contributed by atoms with van der Waals surface area (Å²) in [6.07, 6.45) is -9.08. The van der Waals surface area contributed by atoms with Crippen LogP contribution < -0.4 is 5.48 Å². The maximum absolute atomic E-state index is 14.2. The summed E-state index contributed by atoms with van der Waals surface area (Å²) in [5.74, 6) is 0.169. The Morgan fingerprint density at radius 3 is 2.29 bits per heavy atom. The summed E-state index contributed by atoms with van der Waals surface area (Å²) in [5, 5.41) is -1.59. The molecular weight excluding hydrogens is 521 g/mol. The molecule has 2 aliphatic rings. The Labute approximate surface area is 206 Å². The largest absolute Gasteiger partial charge is 0.428 e. The molecule has 1 N–H and O–H groups in total. The highest BCUT2D eigenvalue weighted by molar-refractivity contribution is 6.42. The van der Waals surface area contributed by atoms with Crippen LogP contribution in [-0.4, -0.2) is 30.1 Å². The first kappa shape index (κ1) is 25.7. The quantitative estimate of drug-likeness (QED) is 0.441. The van der Waals surface area contributed by atoms with Crippen molar-refractivity contribution in [1.29, 1.82) is 0 Å². The van der Waals surface area contributed by atoms with Gasteiger partial charge in [0.2, 0.25) is 11.5 Å². The number of nitrogens with one attached hydrogen (secondary N) is 1. The van der Waals surface area contributed by atoms with Crippen molar-refractivity contribution in [2.75, 3.05) is 13.1 Å². The number of alkyl halides is 6. The molecule has 4 nitrogen and oxygen atoms in total. The van der Waals surface area contributed by atoms with Crippen LogP contribution in [0.1, 0.15) is 41.5 Å². The molecule has 1 saturated heterocycles. The highest BCUT2D eigenvalue weighted by Crippen LogP contribution is 2.50. The van der Waals surface area contributed by atoms with Gasteiger partial charge in [0.15, 0.2) is 0 Å². The van der Waals surface area contributed by atoms with Crippen LogP contribution in [0.4, 0.5) is 26.3 Å². The van der Waals surface area contributed by atoms with E-state index in [0.717, 1.165) is 5.56 Å². The fraction of sp³-hybridized carbons (Fsp3) is 0.348. The average Bonchev–Trinajstić information content (AvgIpc) is 3.21. The van der Waals surface area contributed by atoms with E-state index in [0.29, 0.717) is 37.2 Å². The van der Waals surface area contributed by atoms with E-state index in [2.05, 4.69) is 5.48 Å². The molecule has 0 radical (unpaired) electrons. The summed E-state index contributed by atoms with van der Waals surface area (Å²) in [4.78, 5) is 18.3. The van der Waals surface area contributed by atoms with Gasteiger partial charge < -0.3 is 4.90 Å². The molecule has 2 heterocycles. The number of rotatable bonds is 4. The fourth-order valence-electron chi connectivity index (χ4n) is 4.05. The molecule has 1 fully saturated rings. The van der Waals surface area contributed by atoms with Crippen molar-refractivity contribution < 1.29 is 36.0 Å². The molecular formula is C23H18Cl2F6N2O2. The molecule has 188 valence electrons. The maximum Gasteiger partial charge on any atom is 0.428 e. The van der Waals surface area contributed by atoms with Crippen LogP contribution in [0.15, 0.2) is 42.5 Å². The Kier molecular flexibility index (Phi) is 6.53. The molecule has 2 aliphatic heterocycles. The standard InChI is InChI=1S/C23H18Cl2F6N2O2/c1-2-19(34)33-10-14(11-33)12-3-5-13(6-4-12)18-9-21(35-32-18,23(29,30)31)15-7-16(22(26,27)28)20(25)17(24)8-15/h3-9,14,32H,2,10-11H2,1H3. The van der Waals surface area contributed by atoms with E-state index >= 15 is 0 Å². The molecule has 1 atom stereocenters. The van der Waals surface area contributed by atoms with Gasteiger partial charge in [0, 0.05) is 31.0 Å². The lowest BCUT2D eigenvalue weighted by Gasteiger charge is -2.39.